The summed E-state index contributed by atoms with van der Waals surface area (Å²) in [6.07, 6.45) is 1.38. The van der Waals surface area contributed by atoms with E-state index in [1.165, 1.54) is 6.08 Å². The SMILES string of the molecule is Cc1nsc(N=C=O)n1. The first-order valence-electron chi connectivity index (χ1n) is 2.21. The van der Waals surface area contributed by atoms with Crippen LogP contribution in [0.3, 0.4) is 0 Å². The minimum Gasteiger partial charge on any atom is -0.211 e. The van der Waals surface area contributed by atoms with Crippen LogP contribution in [0, 0.1) is 6.92 Å². The van der Waals surface area contributed by atoms with E-state index in [9.17, 15) is 4.79 Å². The van der Waals surface area contributed by atoms with Crippen molar-refractivity contribution in [3.63, 3.8) is 0 Å². The van der Waals surface area contributed by atoms with Crippen molar-refractivity contribution in [1.29, 1.82) is 0 Å². The Morgan fingerprint density at radius 3 is 3.00 bits per heavy atom. The third-order valence-electron chi connectivity index (χ3n) is 0.658. The standard InChI is InChI=1S/C4H3N3OS/c1-3-6-4(5-2-8)9-7-3/h1H3. The smallest absolute Gasteiger partial charge is 0.211 e. The highest BCUT2D eigenvalue weighted by atomic mass is 32.1. The molecule has 0 aliphatic carbocycles. The average molecular weight is 141 g/mol. The maximum absolute atomic E-state index is 9.63. The molecule has 0 unspecified atom stereocenters. The van der Waals surface area contributed by atoms with Gasteiger partial charge in [-0.05, 0) is 6.92 Å². The van der Waals surface area contributed by atoms with Crippen LogP contribution >= 0.6 is 11.5 Å². The molecule has 46 valence electrons. The lowest BCUT2D eigenvalue weighted by atomic mass is 10.8. The minimum atomic E-state index is 0.363. The molecule has 0 bridgehead atoms. The summed E-state index contributed by atoms with van der Waals surface area (Å²) in [5.41, 5.74) is 0. The van der Waals surface area contributed by atoms with Crippen molar-refractivity contribution in [2.45, 2.75) is 6.92 Å². The molecular formula is C4H3N3OS. The molecule has 1 heterocycles. The number of carbonyl (C=O) groups excluding carboxylic acids is 1. The van der Waals surface area contributed by atoms with Crippen LogP contribution in [0.2, 0.25) is 0 Å². The largest absolute Gasteiger partial charge is 0.242 e. The monoisotopic (exact) mass is 141 g/mol. The Labute approximate surface area is 55.4 Å². The summed E-state index contributed by atoms with van der Waals surface area (Å²) in [6, 6.07) is 0. The second-order valence-corrected chi connectivity index (χ2v) is 2.06. The molecule has 0 amide bonds. The summed E-state index contributed by atoms with van der Waals surface area (Å²) in [5.74, 6) is 0.633. The van der Waals surface area contributed by atoms with Gasteiger partial charge in [-0.2, -0.15) is 4.37 Å². The number of hydrogen-bond acceptors (Lipinski definition) is 5. The van der Waals surface area contributed by atoms with E-state index < -0.39 is 0 Å². The van der Waals surface area contributed by atoms with Gasteiger partial charge in [0.05, 0.1) is 0 Å². The maximum atomic E-state index is 9.63. The number of aliphatic imine (C=N–C) groups is 1. The lowest BCUT2D eigenvalue weighted by Gasteiger charge is -1.69. The Morgan fingerprint density at radius 1 is 1.78 bits per heavy atom. The molecule has 4 nitrogen and oxygen atoms in total. The van der Waals surface area contributed by atoms with E-state index in [1.54, 1.807) is 6.92 Å². The molecule has 1 rings (SSSR count). The van der Waals surface area contributed by atoms with Crippen LogP contribution in [0.25, 0.3) is 0 Å². The molecule has 0 fully saturated rings. The first-order chi connectivity index (χ1) is 4.33. The number of rotatable bonds is 1. The van der Waals surface area contributed by atoms with Gasteiger partial charge in [-0.25, -0.2) is 9.78 Å². The van der Waals surface area contributed by atoms with E-state index in [-0.39, 0.29) is 0 Å². The zero-order valence-electron chi connectivity index (χ0n) is 4.66. The second kappa shape index (κ2) is 2.48. The van der Waals surface area contributed by atoms with Crippen LogP contribution in [0.5, 0.6) is 0 Å². The fourth-order valence-electron chi connectivity index (χ4n) is 0.371. The summed E-state index contributed by atoms with van der Waals surface area (Å²) in [6.45, 7) is 1.74. The lowest BCUT2D eigenvalue weighted by molar-refractivity contribution is 0.565. The van der Waals surface area contributed by atoms with E-state index in [0.717, 1.165) is 11.5 Å². The first kappa shape index (κ1) is 6.07. The van der Waals surface area contributed by atoms with Gasteiger partial charge in [-0.15, -0.1) is 4.99 Å². The Hall–Kier alpha value is -1.06. The van der Waals surface area contributed by atoms with E-state index in [0.29, 0.717) is 11.0 Å². The van der Waals surface area contributed by atoms with Crippen molar-refractivity contribution in [2.24, 2.45) is 4.99 Å². The van der Waals surface area contributed by atoms with Gasteiger partial charge >= 0.3 is 0 Å². The summed E-state index contributed by atoms with van der Waals surface area (Å²) >= 11 is 1.08. The lowest BCUT2D eigenvalue weighted by Crippen LogP contribution is -1.68. The highest BCUT2D eigenvalue weighted by Gasteiger charge is 1.94. The van der Waals surface area contributed by atoms with Gasteiger partial charge in [-0.3, -0.25) is 0 Å². The van der Waals surface area contributed by atoms with Crippen LogP contribution in [0.15, 0.2) is 4.99 Å². The number of nitrogens with zero attached hydrogens (tertiary/aromatic N) is 3. The topological polar surface area (TPSA) is 55.2 Å². The van der Waals surface area contributed by atoms with E-state index >= 15 is 0 Å². The quantitative estimate of drug-likeness (QED) is 0.429. The molecule has 5 heteroatoms. The molecule has 9 heavy (non-hydrogen) atoms. The molecule has 0 aliphatic heterocycles. The first-order valence-corrected chi connectivity index (χ1v) is 2.98. The normalized spacial score (nSPS) is 8.56. The van der Waals surface area contributed by atoms with Gasteiger partial charge in [-0.1, -0.05) is 0 Å². The van der Waals surface area contributed by atoms with Crippen molar-refractivity contribution >= 4 is 22.7 Å². The van der Waals surface area contributed by atoms with Crippen LogP contribution in [0.4, 0.5) is 5.13 Å². The van der Waals surface area contributed by atoms with Crippen molar-refractivity contribution in [2.75, 3.05) is 0 Å². The summed E-state index contributed by atoms with van der Waals surface area (Å²) < 4.78 is 3.79. The summed E-state index contributed by atoms with van der Waals surface area (Å²) in [4.78, 5) is 16.7. The van der Waals surface area contributed by atoms with Gasteiger partial charge in [0.1, 0.15) is 5.82 Å². The Kier molecular flexibility index (Phi) is 1.67. The van der Waals surface area contributed by atoms with Crippen LogP contribution in [-0.2, 0) is 4.79 Å². The zero-order valence-corrected chi connectivity index (χ0v) is 5.47. The van der Waals surface area contributed by atoms with Crippen molar-refractivity contribution in [1.82, 2.24) is 9.36 Å². The third kappa shape index (κ3) is 1.42. The highest BCUT2D eigenvalue weighted by molar-refractivity contribution is 7.09. The molecule has 1 aromatic heterocycles. The Bertz CT molecular complexity index is 250. The van der Waals surface area contributed by atoms with Gasteiger partial charge in [0.15, 0.2) is 0 Å². The van der Waals surface area contributed by atoms with Gasteiger partial charge in [0.25, 0.3) is 0 Å². The van der Waals surface area contributed by atoms with E-state index in [1.807, 2.05) is 0 Å². The maximum Gasteiger partial charge on any atom is 0.242 e. The van der Waals surface area contributed by atoms with Crippen LogP contribution < -0.4 is 0 Å². The van der Waals surface area contributed by atoms with E-state index in [2.05, 4.69) is 14.3 Å². The van der Waals surface area contributed by atoms with Gasteiger partial charge in [0.2, 0.25) is 11.2 Å². The Morgan fingerprint density at radius 2 is 2.56 bits per heavy atom. The second-order valence-electron chi connectivity index (χ2n) is 1.33. The van der Waals surface area contributed by atoms with Crippen molar-refractivity contribution in [3.05, 3.63) is 5.82 Å². The molecule has 0 radical (unpaired) electrons. The number of aromatic nitrogens is 2. The van der Waals surface area contributed by atoms with Crippen molar-refractivity contribution < 1.29 is 4.79 Å². The zero-order chi connectivity index (χ0) is 6.69. The molecule has 0 saturated carbocycles. The van der Waals surface area contributed by atoms with Gasteiger partial charge < -0.3 is 0 Å². The van der Waals surface area contributed by atoms with E-state index in [4.69, 9.17) is 0 Å². The minimum absolute atomic E-state index is 0.363. The summed E-state index contributed by atoms with van der Waals surface area (Å²) in [7, 11) is 0. The van der Waals surface area contributed by atoms with Gasteiger partial charge in [0, 0.05) is 11.5 Å². The molecule has 0 atom stereocenters. The molecule has 0 N–H and O–H groups in total. The molecule has 0 saturated heterocycles. The third-order valence-corrected chi connectivity index (χ3v) is 1.36. The fraction of sp³-hybridized carbons (Fsp3) is 0.250. The predicted molar refractivity (Wildman–Crippen MR) is 32.4 cm³/mol. The molecule has 0 aromatic carbocycles. The Balaban J connectivity index is 2.97. The number of aryl methyl sites for hydroxylation is 1. The fourth-order valence-corrected chi connectivity index (χ4v) is 0.876. The molecule has 0 aliphatic rings. The molecule has 0 spiro atoms. The number of hydrogen-bond donors (Lipinski definition) is 0. The molecule has 1 aromatic rings. The number of isocyanates is 1. The highest BCUT2D eigenvalue weighted by Crippen LogP contribution is 2.12. The van der Waals surface area contributed by atoms with Crippen molar-refractivity contribution in [3.8, 4) is 0 Å². The predicted octanol–water partition coefficient (Wildman–Crippen LogP) is 0.814. The van der Waals surface area contributed by atoms with Crippen LogP contribution in [-0.4, -0.2) is 15.4 Å². The van der Waals surface area contributed by atoms with Crippen LogP contribution in [0.1, 0.15) is 5.82 Å². The average Bonchev–Trinajstić information content (AvgIpc) is 2.17. The summed E-state index contributed by atoms with van der Waals surface area (Å²) in [5, 5.41) is 0.363. The molecular weight excluding hydrogens is 138 g/mol.